The molecule has 1 aliphatic rings. The average molecular weight is 219 g/mol. The molecule has 1 aromatic rings. The Kier molecular flexibility index (Phi) is 4.03. The molecule has 1 fully saturated rings. The Hall–Kier alpha value is -1.25. The van der Waals surface area contributed by atoms with Crippen LogP contribution in [-0.2, 0) is 0 Å². The molecule has 2 rings (SSSR count). The average Bonchev–Trinajstić information content (AvgIpc) is 2.79. The van der Waals surface area contributed by atoms with E-state index in [0.717, 1.165) is 23.8 Å². The van der Waals surface area contributed by atoms with Crippen LogP contribution in [0.2, 0.25) is 0 Å². The maximum atomic E-state index is 5.80. The summed E-state index contributed by atoms with van der Waals surface area (Å²) in [6.07, 6.45) is 11.8. The lowest BCUT2D eigenvalue weighted by molar-refractivity contribution is 0.491. The van der Waals surface area contributed by atoms with Gasteiger partial charge in [0.2, 0.25) is 0 Å². The minimum Gasteiger partial charge on any atom is -0.396 e. The van der Waals surface area contributed by atoms with Crippen molar-refractivity contribution in [1.82, 2.24) is 4.98 Å². The monoisotopic (exact) mass is 219 g/mol. The number of nitrogens with zero attached hydrogens (tertiary/aromatic N) is 1. The van der Waals surface area contributed by atoms with Crippen molar-refractivity contribution in [2.75, 3.05) is 17.6 Å². The van der Waals surface area contributed by atoms with E-state index in [-0.39, 0.29) is 0 Å². The summed E-state index contributed by atoms with van der Waals surface area (Å²) in [4.78, 5) is 3.97. The van der Waals surface area contributed by atoms with E-state index in [0.29, 0.717) is 0 Å². The smallest absolute Gasteiger partial charge is 0.0736 e. The molecule has 1 aromatic heterocycles. The van der Waals surface area contributed by atoms with Crippen molar-refractivity contribution in [3.63, 3.8) is 0 Å². The van der Waals surface area contributed by atoms with Crippen LogP contribution in [-0.4, -0.2) is 11.5 Å². The first kappa shape index (κ1) is 11.2. The summed E-state index contributed by atoms with van der Waals surface area (Å²) in [6.45, 7) is 1.02. The molecule has 0 bridgehead atoms. The van der Waals surface area contributed by atoms with Gasteiger partial charge in [-0.1, -0.05) is 25.7 Å². The Morgan fingerprint density at radius 1 is 1.38 bits per heavy atom. The number of aromatic nitrogens is 1. The van der Waals surface area contributed by atoms with Crippen LogP contribution in [0.1, 0.15) is 38.5 Å². The molecule has 16 heavy (non-hydrogen) atoms. The summed E-state index contributed by atoms with van der Waals surface area (Å²) in [6, 6.07) is 1.94. The summed E-state index contributed by atoms with van der Waals surface area (Å²) in [5, 5.41) is 3.37. The molecule has 3 N–H and O–H groups in total. The quantitative estimate of drug-likeness (QED) is 0.748. The molecule has 0 unspecified atom stereocenters. The molecule has 0 spiro atoms. The number of nitrogens with one attached hydrogen (secondary N) is 1. The molecule has 0 saturated heterocycles. The molecule has 1 saturated carbocycles. The van der Waals surface area contributed by atoms with Gasteiger partial charge in [-0.05, 0) is 24.8 Å². The predicted octanol–water partition coefficient (Wildman–Crippen LogP) is 3.05. The first-order valence-electron chi connectivity index (χ1n) is 6.29. The first-order chi connectivity index (χ1) is 7.86. The van der Waals surface area contributed by atoms with E-state index in [1.165, 1.54) is 38.5 Å². The van der Waals surface area contributed by atoms with Gasteiger partial charge in [0.05, 0.1) is 17.6 Å². The van der Waals surface area contributed by atoms with Crippen molar-refractivity contribution in [1.29, 1.82) is 0 Å². The molecule has 1 aliphatic carbocycles. The maximum Gasteiger partial charge on any atom is 0.0736 e. The van der Waals surface area contributed by atoms with Crippen LogP contribution in [0.4, 0.5) is 11.4 Å². The van der Waals surface area contributed by atoms with Crippen molar-refractivity contribution in [2.24, 2.45) is 5.92 Å². The summed E-state index contributed by atoms with van der Waals surface area (Å²) < 4.78 is 0. The molecule has 0 aromatic carbocycles. The molecule has 3 nitrogen and oxygen atoms in total. The standard InChI is InChI=1S/C13H21N3/c14-12-10-15-9-7-13(12)16-8-3-6-11-4-1-2-5-11/h7,9-11H,1-6,8,14H2,(H,15,16). The number of hydrogen-bond donors (Lipinski definition) is 2. The highest BCUT2D eigenvalue weighted by molar-refractivity contribution is 5.63. The van der Waals surface area contributed by atoms with E-state index >= 15 is 0 Å². The van der Waals surface area contributed by atoms with Crippen LogP contribution in [0, 0.1) is 5.92 Å². The van der Waals surface area contributed by atoms with E-state index < -0.39 is 0 Å². The first-order valence-corrected chi connectivity index (χ1v) is 6.29. The third kappa shape index (κ3) is 3.12. The fourth-order valence-electron chi connectivity index (χ4n) is 2.48. The van der Waals surface area contributed by atoms with Crippen LogP contribution < -0.4 is 11.1 Å². The minimum atomic E-state index is 0.739. The molecule has 1 heterocycles. The van der Waals surface area contributed by atoms with Gasteiger partial charge in [-0.2, -0.15) is 0 Å². The number of nitrogen functional groups attached to an aromatic ring is 1. The Morgan fingerprint density at radius 2 is 2.19 bits per heavy atom. The van der Waals surface area contributed by atoms with E-state index in [2.05, 4.69) is 10.3 Å². The van der Waals surface area contributed by atoms with Crippen LogP contribution in [0.25, 0.3) is 0 Å². The van der Waals surface area contributed by atoms with Crippen molar-refractivity contribution in [2.45, 2.75) is 38.5 Å². The van der Waals surface area contributed by atoms with Crippen LogP contribution in [0.3, 0.4) is 0 Å². The highest BCUT2D eigenvalue weighted by Gasteiger charge is 2.13. The maximum absolute atomic E-state index is 5.80. The largest absolute Gasteiger partial charge is 0.396 e. The Morgan fingerprint density at radius 3 is 2.94 bits per heavy atom. The van der Waals surface area contributed by atoms with Crippen molar-refractivity contribution in [3.8, 4) is 0 Å². The van der Waals surface area contributed by atoms with Gasteiger partial charge in [-0.3, -0.25) is 4.98 Å². The number of rotatable bonds is 5. The molecular formula is C13H21N3. The predicted molar refractivity (Wildman–Crippen MR) is 68.3 cm³/mol. The summed E-state index contributed by atoms with van der Waals surface area (Å²) >= 11 is 0. The second-order valence-electron chi connectivity index (χ2n) is 4.68. The molecular weight excluding hydrogens is 198 g/mol. The van der Waals surface area contributed by atoms with Gasteiger partial charge in [-0.15, -0.1) is 0 Å². The molecule has 88 valence electrons. The van der Waals surface area contributed by atoms with Crippen LogP contribution in [0.15, 0.2) is 18.5 Å². The Balaban J connectivity index is 1.66. The summed E-state index contributed by atoms with van der Waals surface area (Å²) in [5.74, 6) is 0.983. The fourth-order valence-corrected chi connectivity index (χ4v) is 2.48. The van der Waals surface area contributed by atoms with Gasteiger partial charge in [0, 0.05) is 12.7 Å². The third-order valence-corrected chi connectivity index (χ3v) is 3.43. The van der Waals surface area contributed by atoms with Gasteiger partial charge in [0.1, 0.15) is 0 Å². The van der Waals surface area contributed by atoms with Crippen LogP contribution in [0.5, 0.6) is 0 Å². The second-order valence-corrected chi connectivity index (χ2v) is 4.68. The van der Waals surface area contributed by atoms with Crippen molar-refractivity contribution in [3.05, 3.63) is 18.5 Å². The van der Waals surface area contributed by atoms with E-state index in [4.69, 9.17) is 5.73 Å². The number of nitrogens with two attached hydrogens (primary N) is 1. The summed E-state index contributed by atoms with van der Waals surface area (Å²) in [7, 11) is 0. The zero-order valence-corrected chi connectivity index (χ0v) is 9.78. The van der Waals surface area contributed by atoms with Gasteiger partial charge >= 0.3 is 0 Å². The lowest BCUT2D eigenvalue weighted by Crippen LogP contribution is -2.06. The molecule has 0 radical (unpaired) electrons. The number of pyridine rings is 1. The fraction of sp³-hybridized carbons (Fsp3) is 0.615. The van der Waals surface area contributed by atoms with E-state index in [1.54, 1.807) is 12.4 Å². The third-order valence-electron chi connectivity index (χ3n) is 3.43. The van der Waals surface area contributed by atoms with E-state index in [9.17, 15) is 0 Å². The minimum absolute atomic E-state index is 0.739. The summed E-state index contributed by atoms with van der Waals surface area (Å²) in [5.41, 5.74) is 7.55. The Bertz CT molecular complexity index is 319. The SMILES string of the molecule is Nc1cnccc1NCCCC1CCCC1. The lowest BCUT2D eigenvalue weighted by Gasteiger charge is -2.11. The second kappa shape index (κ2) is 5.73. The zero-order valence-electron chi connectivity index (χ0n) is 9.78. The highest BCUT2D eigenvalue weighted by Crippen LogP contribution is 2.28. The zero-order chi connectivity index (χ0) is 11.2. The number of hydrogen-bond acceptors (Lipinski definition) is 3. The molecule has 3 heteroatoms. The highest BCUT2D eigenvalue weighted by atomic mass is 14.9. The normalized spacial score (nSPS) is 16.5. The molecule has 0 aliphatic heterocycles. The molecule has 0 amide bonds. The van der Waals surface area contributed by atoms with E-state index in [1.807, 2.05) is 6.07 Å². The topological polar surface area (TPSA) is 50.9 Å². The van der Waals surface area contributed by atoms with Gasteiger partial charge in [0.25, 0.3) is 0 Å². The van der Waals surface area contributed by atoms with Gasteiger partial charge in [0.15, 0.2) is 0 Å². The lowest BCUT2D eigenvalue weighted by atomic mass is 10.0. The van der Waals surface area contributed by atoms with Crippen molar-refractivity contribution >= 4 is 11.4 Å². The van der Waals surface area contributed by atoms with Gasteiger partial charge in [-0.25, -0.2) is 0 Å². The van der Waals surface area contributed by atoms with Gasteiger partial charge < -0.3 is 11.1 Å². The van der Waals surface area contributed by atoms with Crippen LogP contribution >= 0.6 is 0 Å². The molecule has 0 atom stereocenters. The van der Waals surface area contributed by atoms with Crippen molar-refractivity contribution < 1.29 is 0 Å². The number of anilines is 2. The Labute approximate surface area is 97.5 Å².